The summed E-state index contributed by atoms with van der Waals surface area (Å²) < 4.78 is 26.6. The monoisotopic (exact) mass is 272 g/mol. The summed E-state index contributed by atoms with van der Waals surface area (Å²) in [5.41, 5.74) is 6.50. The fourth-order valence-electron chi connectivity index (χ4n) is 2.19. The predicted molar refractivity (Wildman–Crippen MR) is 68.4 cm³/mol. The van der Waals surface area contributed by atoms with E-state index in [1.807, 2.05) is 6.92 Å². The molecule has 0 radical (unpaired) electrons. The molecule has 1 aliphatic rings. The van der Waals surface area contributed by atoms with Gasteiger partial charge in [0.25, 0.3) is 0 Å². The van der Waals surface area contributed by atoms with Gasteiger partial charge in [-0.2, -0.15) is 9.40 Å². The SMILES string of the molecule is Cc1[nH]nc(CN)c1S(=O)(=O)N(C)C(C)C1CC1. The van der Waals surface area contributed by atoms with Crippen molar-refractivity contribution >= 4 is 10.0 Å². The molecule has 0 bridgehead atoms. The summed E-state index contributed by atoms with van der Waals surface area (Å²) in [6.07, 6.45) is 2.21. The molecule has 1 saturated carbocycles. The molecule has 6 nitrogen and oxygen atoms in total. The first-order valence-electron chi connectivity index (χ1n) is 6.11. The van der Waals surface area contributed by atoms with Gasteiger partial charge < -0.3 is 5.73 Å². The number of hydrogen-bond acceptors (Lipinski definition) is 4. The molecule has 1 atom stereocenters. The molecule has 1 unspecified atom stereocenters. The number of rotatable bonds is 5. The first kappa shape index (κ1) is 13.5. The van der Waals surface area contributed by atoms with Crippen LogP contribution in [0.15, 0.2) is 4.90 Å². The van der Waals surface area contributed by atoms with E-state index in [9.17, 15) is 8.42 Å². The van der Waals surface area contributed by atoms with E-state index in [1.54, 1.807) is 14.0 Å². The van der Waals surface area contributed by atoms with Crippen LogP contribution in [-0.2, 0) is 16.6 Å². The van der Waals surface area contributed by atoms with Crippen molar-refractivity contribution in [1.29, 1.82) is 0 Å². The highest BCUT2D eigenvalue weighted by Crippen LogP contribution is 2.36. The molecule has 0 aliphatic heterocycles. The molecule has 1 aromatic heterocycles. The van der Waals surface area contributed by atoms with Crippen LogP contribution in [0.4, 0.5) is 0 Å². The molecular formula is C11H20N4O2S. The Morgan fingerprint density at radius 2 is 2.17 bits per heavy atom. The van der Waals surface area contributed by atoms with E-state index in [-0.39, 0.29) is 17.5 Å². The third-order valence-electron chi connectivity index (χ3n) is 3.67. The predicted octanol–water partition coefficient (Wildman–Crippen LogP) is 0.596. The molecule has 1 fully saturated rings. The molecule has 102 valence electrons. The lowest BCUT2D eigenvalue weighted by atomic mass is 10.2. The fourth-order valence-corrected chi connectivity index (χ4v) is 3.95. The molecule has 2 rings (SSSR count). The van der Waals surface area contributed by atoms with Crippen LogP contribution in [0.1, 0.15) is 31.2 Å². The summed E-state index contributed by atoms with van der Waals surface area (Å²) in [6, 6.07) is 0.0231. The fraction of sp³-hybridized carbons (Fsp3) is 0.727. The van der Waals surface area contributed by atoms with Gasteiger partial charge in [-0.25, -0.2) is 8.42 Å². The third kappa shape index (κ3) is 2.17. The molecule has 7 heteroatoms. The van der Waals surface area contributed by atoms with Gasteiger partial charge in [-0.15, -0.1) is 0 Å². The summed E-state index contributed by atoms with van der Waals surface area (Å²) in [4.78, 5) is 0.236. The lowest BCUT2D eigenvalue weighted by molar-refractivity contribution is 0.356. The highest BCUT2D eigenvalue weighted by Gasteiger charge is 2.37. The van der Waals surface area contributed by atoms with Crippen molar-refractivity contribution in [2.75, 3.05) is 7.05 Å². The van der Waals surface area contributed by atoms with Crippen molar-refractivity contribution in [3.63, 3.8) is 0 Å². The highest BCUT2D eigenvalue weighted by atomic mass is 32.2. The largest absolute Gasteiger partial charge is 0.325 e. The first-order valence-corrected chi connectivity index (χ1v) is 7.55. The maximum atomic E-state index is 12.6. The number of aromatic amines is 1. The summed E-state index contributed by atoms with van der Waals surface area (Å²) in [5.74, 6) is 0.485. The average molecular weight is 272 g/mol. The molecule has 18 heavy (non-hydrogen) atoms. The van der Waals surface area contributed by atoms with Crippen LogP contribution in [0, 0.1) is 12.8 Å². The van der Waals surface area contributed by atoms with E-state index in [4.69, 9.17) is 5.73 Å². The molecule has 1 aromatic rings. The Bertz CT molecular complexity index is 533. The number of nitrogens with one attached hydrogen (secondary N) is 1. The normalized spacial score (nSPS) is 18.3. The standard InChI is InChI=1S/C11H20N4O2S/c1-7-11(10(6-12)14-13-7)18(16,17)15(3)8(2)9-4-5-9/h8-9H,4-6,12H2,1-3H3,(H,13,14). The number of nitrogens with zero attached hydrogens (tertiary/aromatic N) is 2. The number of aryl methyl sites for hydroxylation is 1. The lowest BCUT2D eigenvalue weighted by Gasteiger charge is -2.24. The van der Waals surface area contributed by atoms with Gasteiger partial charge >= 0.3 is 0 Å². The van der Waals surface area contributed by atoms with Crippen LogP contribution in [-0.4, -0.2) is 36.0 Å². The number of nitrogens with two attached hydrogens (primary N) is 1. The highest BCUT2D eigenvalue weighted by molar-refractivity contribution is 7.89. The Kier molecular flexibility index (Phi) is 3.48. The summed E-state index contributed by atoms with van der Waals surface area (Å²) in [6.45, 7) is 3.77. The van der Waals surface area contributed by atoms with Gasteiger partial charge in [0.05, 0.1) is 11.4 Å². The zero-order valence-corrected chi connectivity index (χ0v) is 11.8. The first-order chi connectivity index (χ1) is 8.39. The Morgan fingerprint density at radius 1 is 1.56 bits per heavy atom. The Labute approximate surface area is 108 Å². The lowest BCUT2D eigenvalue weighted by Crippen LogP contribution is -2.37. The van der Waals surface area contributed by atoms with Gasteiger partial charge in [0.15, 0.2) is 0 Å². The van der Waals surface area contributed by atoms with Crippen molar-refractivity contribution < 1.29 is 8.42 Å². The summed E-state index contributed by atoms with van der Waals surface area (Å²) >= 11 is 0. The molecule has 1 heterocycles. The Hall–Kier alpha value is -0.920. The molecular weight excluding hydrogens is 252 g/mol. The minimum Gasteiger partial charge on any atom is -0.325 e. The van der Waals surface area contributed by atoms with Crippen LogP contribution in [0.3, 0.4) is 0 Å². The van der Waals surface area contributed by atoms with Gasteiger partial charge in [0.1, 0.15) is 4.90 Å². The van der Waals surface area contributed by atoms with E-state index in [0.29, 0.717) is 17.3 Å². The molecule has 0 aromatic carbocycles. The van der Waals surface area contributed by atoms with Crippen LogP contribution in [0.25, 0.3) is 0 Å². The van der Waals surface area contributed by atoms with Crippen LogP contribution >= 0.6 is 0 Å². The van der Waals surface area contributed by atoms with Crippen LogP contribution in [0.5, 0.6) is 0 Å². The molecule has 1 aliphatic carbocycles. The number of sulfonamides is 1. The molecule has 3 N–H and O–H groups in total. The third-order valence-corrected chi connectivity index (χ3v) is 5.82. The van der Waals surface area contributed by atoms with Gasteiger partial charge in [-0.05, 0) is 32.6 Å². The van der Waals surface area contributed by atoms with Crippen molar-refractivity contribution in [3.05, 3.63) is 11.4 Å². The van der Waals surface area contributed by atoms with Crippen molar-refractivity contribution in [2.45, 2.75) is 44.2 Å². The van der Waals surface area contributed by atoms with E-state index in [2.05, 4.69) is 10.2 Å². The van der Waals surface area contributed by atoms with Gasteiger partial charge in [-0.3, -0.25) is 5.10 Å². The topological polar surface area (TPSA) is 92.1 Å². The summed E-state index contributed by atoms with van der Waals surface area (Å²) in [5, 5.41) is 6.64. The molecule has 0 spiro atoms. The van der Waals surface area contributed by atoms with E-state index in [1.165, 1.54) is 4.31 Å². The Morgan fingerprint density at radius 3 is 2.67 bits per heavy atom. The molecule has 0 saturated heterocycles. The second kappa shape index (κ2) is 4.64. The van der Waals surface area contributed by atoms with Crippen LogP contribution in [0.2, 0.25) is 0 Å². The van der Waals surface area contributed by atoms with Gasteiger partial charge in [-0.1, -0.05) is 0 Å². The smallest absolute Gasteiger partial charge is 0.246 e. The second-order valence-corrected chi connectivity index (χ2v) is 6.86. The maximum absolute atomic E-state index is 12.6. The van der Waals surface area contributed by atoms with Crippen molar-refractivity contribution in [2.24, 2.45) is 11.7 Å². The second-order valence-electron chi connectivity index (χ2n) is 4.93. The maximum Gasteiger partial charge on any atom is 0.246 e. The zero-order chi connectivity index (χ0) is 13.5. The van der Waals surface area contributed by atoms with Gasteiger partial charge in [0.2, 0.25) is 10.0 Å². The van der Waals surface area contributed by atoms with E-state index < -0.39 is 10.0 Å². The van der Waals surface area contributed by atoms with Gasteiger partial charge in [0, 0.05) is 19.6 Å². The summed E-state index contributed by atoms with van der Waals surface area (Å²) in [7, 11) is -1.88. The zero-order valence-electron chi connectivity index (χ0n) is 11.0. The van der Waals surface area contributed by atoms with E-state index in [0.717, 1.165) is 12.8 Å². The quantitative estimate of drug-likeness (QED) is 0.821. The number of aromatic nitrogens is 2. The van der Waals surface area contributed by atoms with Crippen LogP contribution < -0.4 is 5.73 Å². The van der Waals surface area contributed by atoms with Crippen molar-refractivity contribution in [1.82, 2.24) is 14.5 Å². The number of H-pyrrole nitrogens is 1. The number of hydrogen-bond donors (Lipinski definition) is 2. The molecule has 0 amide bonds. The van der Waals surface area contributed by atoms with E-state index >= 15 is 0 Å². The van der Waals surface area contributed by atoms with Crippen molar-refractivity contribution in [3.8, 4) is 0 Å². The minimum absolute atomic E-state index is 0.0231. The minimum atomic E-state index is -3.51. The Balaban J connectivity index is 2.37. The average Bonchev–Trinajstić information content (AvgIpc) is 3.10.